The fraction of sp³-hybridized carbons (Fsp3) is 0.167. The van der Waals surface area contributed by atoms with Crippen LogP contribution in [0.2, 0.25) is 0 Å². The van der Waals surface area contributed by atoms with E-state index >= 15 is 0 Å². The summed E-state index contributed by atoms with van der Waals surface area (Å²) in [5.74, 6) is -0.0972. The minimum atomic E-state index is -0.0972. The third-order valence-corrected chi connectivity index (χ3v) is 5.18. The number of carbonyl (C=O) groups excluding carboxylic acids is 1. The summed E-state index contributed by atoms with van der Waals surface area (Å²) in [4.78, 5) is 13.1. The van der Waals surface area contributed by atoms with Crippen molar-refractivity contribution in [1.82, 2.24) is 5.32 Å². The molecule has 0 unspecified atom stereocenters. The van der Waals surface area contributed by atoms with Crippen molar-refractivity contribution in [2.75, 3.05) is 0 Å². The van der Waals surface area contributed by atoms with Gasteiger partial charge >= 0.3 is 0 Å². The quantitative estimate of drug-likeness (QED) is 0.718. The van der Waals surface area contributed by atoms with Crippen molar-refractivity contribution in [2.45, 2.75) is 25.3 Å². The van der Waals surface area contributed by atoms with Crippen LogP contribution in [0.25, 0.3) is 11.1 Å². The highest BCUT2D eigenvalue weighted by Gasteiger charge is 2.23. The molecule has 0 radical (unpaired) electrons. The highest BCUT2D eigenvalue weighted by molar-refractivity contribution is 6.01. The maximum absolute atomic E-state index is 13.1. The molecule has 0 saturated heterocycles. The minimum Gasteiger partial charge on any atom is -0.345 e. The molecule has 1 aliphatic rings. The number of rotatable bonds is 3. The van der Waals surface area contributed by atoms with Gasteiger partial charge in [0.15, 0.2) is 0 Å². The number of hydrogen-bond donors (Lipinski definition) is 1. The first-order chi connectivity index (χ1) is 13.3. The van der Waals surface area contributed by atoms with Crippen molar-refractivity contribution < 1.29 is 4.79 Å². The van der Waals surface area contributed by atoms with Crippen LogP contribution in [0, 0.1) is 11.3 Å². The van der Waals surface area contributed by atoms with Gasteiger partial charge in [0.2, 0.25) is 0 Å². The Balaban J connectivity index is 1.68. The molecule has 3 aromatic carbocycles. The standard InChI is InChI=1S/C24H20N2O/c25-16-18-9-2-3-11-19(18)21-13-5-6-14-22(21)24(27)26-23-15-7-10-17-8-1-4-12-20(17)23/h1-6,8-9,11-14,23H,7,10,15H2,(H,26,27)/t23-/m0/s1. The molecule has 3 aromatic rings. The molecule has 0 bridgehead atoms. The van der Waals surface area contributed by atoms with Crippen LogP contribution in [-0.2, 0) is 6.42 Å². The third-order valence-electron chi connectivity index (χ3n) is 5.18. The summed E-state index contributed by atoms with van der Waals surface area (Å²) in [5.41, 5.74) is 5.28. The molecular weight excluding hydrogens is 332 g/mol. The van der Waals surface area contributed by atoms with Crippen LogP contribution in [0.3, 0.4) is 0 Å². The monoisotopic (exact) mass is 352 g/mol. The average molecular weight is 352 g/mol. The van der Waals surface area contributed by atoms with Gasteiger partial charge in [0.1, 0.15) is 0 Å². The second-order valence-corrected chi connectivity index (χ2v) is 6.82. The molecule has 0 saturated carbocycles. The number of hydrogen-bond acceptors (Lipinski definition) is 2. The maximum Gasteiger partial charge on any atom is 0.252 e. The smallest absolute Gasteiger partial charge is 0.252 e. The highest BCUT2D eigenvalue weighted by Crippen LogP contribution is 2.31. The molecule has 1 N–H and O–H groups in total. The molecule has 1 atom stereocenters. The SMILES string of the molecule is N#Cc1ccccc1-c1ccccc1C(=O)N[C@H]1CCCc2ccccc21. The van der Waals surface area contributed by atoms with E-state index in [0.717, 1.165) is 30.4 Å². The predicted molar refractivity (Wildman–Crippen MR) is 106 cm³/mol. The number of aryl methyl sites for hydroxylation is 1. The van der Waals surface area contributed by atoms with E-state index in [1.807, 2.05) is 48.5 Å². The second kappa shape index (κ2) is 7.47. The molecule has 132 valence electrons. The Bertz CT molecular complexity index is 1030. The molecular formula is C24H20N2O. The Hall–Kier alpha value is -3.38. The van der Waals surface area contributed by atoms with E-state index < -0.39 is 0 Å². The van der Waals surface area contributed by atoms with Gasteiger partial charge in [-0.2, -0.15) is 5.26 Å². The predicted octanol–water partition coefficient (Wildman–Crippen LogP) is 5.03. The Morgan fingerprint density at radius 2 is 1.63 bits per heavy atom. The van der Waals surface area contributed by atoms with Gasteiger partial charge < -0.3 is 5.32 Å². The van der Waals surface area contributed by atoms with Crippen molar-refractivity contribution in [3.63, 3.8) is 0 Å². The Morgan fingerprint density at radius 1 is 0.926 bits per heavy atom. The van der Waals surface area contributed by atoms with Crippen LogP contribution in [0.4, 0.5) is 0 Å². The largest absolute Gasteiger partial charge is 0.345 e. The van der Waals surface area contributed by atoms with E-state index in [1.165, 1.54) is 11.1 Å². The van der Waals surface area contributed by atoms with Crippen LogP contribution >= 0.6 is 0 Å². The molecule has 0 heterocycles. The van der Waals surface area contributed by atoms with Gasteiger partial charge in [-0.25, -0.2) is 0 Å². The van der Waals surface area contributed by atoms with Gasteiger partial charge in [-0.3, -0.25) is 4.79 Å². The molecule has 4 rings (SSSR count). The Kier molecular flexibility index (Phi) is 4.72. The minimum absolute atomic E-state index is 0.0294. The topological polar surface area (TPSA) is 52.9 Å². The van der Waals surface area contributed by atoms with Gasteiger partial charge in [0.05, 0.1) is 17.7 Å². The summed E-state index contributed by atoms with van der Waals surface area (Å²) >= 11 is 0. The van der Waals surface area contributed by atoms with Crippen LogP contribution in [0.1, 0.15) is 45.9 Å². The lowest BCUT2D eigenvalue weighted by Crippen LogP contribution is -2.31. The van der Waals surface area contributed by atoms with Crippen molar-refractivity contribution >= 4 is 5.91 Å². The highest BCUT2D eigenvalue weighted by atomic mass is 16.1. The molecule has 0 aromatic heterocycles. The van der Waals surface area contributed by atoms with E-state index in [-0.39, 0.29) is 11.9 Å². The fourth-order valence-electron chi connectivity index (χ4n) is 3.87. The van der Waals surface area contributed by atoms with Crippen LogP contribution in [0.5, 0.6) is 0 Å². The zero-order valence-electron chi connectivity index (χ0n) is 15.0. The number of fused-ring (bicyclic) bond motifs is 1. The molecule has 3 heteroatoms. The summed E-state index contributed by atoms with van der Waals surface area (Å²) in [5, 5.41) is 12.6. The molecule has 0 aliphatic heterocycles. The van der Waals surface area contributed by atoms with Crippen molar-refractivity contribution in [3.8, 4) is 17.2 Å². The lowest BCUT2D eigenvalue weighted by Gasteiger charge is -2.26. The normalized spacial score (nSPS) is 15.4. The summed E-state index contributed by atoms with van der Waals surface area (Å²) in [7, 11) is 0. The molecule has 0 spiro atoms. The van der Waals surface area contributed by atoms with Gasteiger partial charge in [-0.05, 0) is 48.1 Å². The van der Waals surface area contributed by atoms with Gasteiger partial charge in [0.25, 0.3) is 5.91 Å². The van der Waals surface area contributed by atoms with Crippen molar-refractivity contribution in [3.05, 3.63) is 95.1 Å². The van der Waals surface area contributed by atoms with Crippen molar-refractivity contribution in [2.24, 2.45) is 0 Å². The summed E-state index contributed by atoms with van der Waals surface area (Å²) < 4.78 is 0. The Labute approximate surface area is 159 Å². The molecule has 1 amide bonds. The molecule has 1 aliphatic carbocycles. The average Bonchev–Trinajstić information content (AvgIpc) is 2.74. The lowest BCUT2D eigenvalue weighted by atomic mass is 9.87. The van der Waals surface area contributed by atoms with E-state index in [4.69, 9.17) is 0 Å². The van der Waals surface area contributed by atoms with Crippen LogP contribution in [0.15, 0.2) is 72.8 Å². The zero-order chi connectivity index (χ0) is 18.6. The molecule has 27 heavy (non-hydrogen) atoms. The lowest BCUT2D eigenvalue weighted by molar-refractivity contribution is 0.0933. The first kappa shape index (κ1) is 17.1. The van der Waals surface area contributed by atoms with Crippen molar-refractivity contribution in [1.29, 1.82) is 5.26 Å². The number of nitriles is 1. The molecule has 0 fully saturated rings. The number of benzene rings is 3. The number of nitrogens with one attached hydrogen (secondary N) is 1. The van der Waals surface area contributed by atoms with Crippen LogP contribution in [-0.4, -0.2) is 5.91 Å². The van der Waals surface area contributed by atoms with E-state index in [9.17, 15) is 10.1 Å². The zero-order valence-corrected chi connectivity index (χ0v) is 15.0. The van der Waals surface area contributed by atoms with E-state index in [2.05, 4.69) is 29.6 Å². The fourth-order valence-corrected chi connectivity index (χ4v) is 3.87. The Morgan fingerprint density at radius 3 is 2.48 bits per heavy atom. The second-order valence-electron chi connectivity index (χ2n) is 6.82. The van der Waals surface area contributed by atoms with Gasteiger partial charge in [-0.15, -0.1) is 0 Å². The van der Waals surface area contributed by atoms with E-state index in [0.29, 0.717) is 11.1 Å². The first-order valence-corrected chi connectivity index (χ1v) is 9.25. The first-order valence-electron chi connectivity index (χ1n) is 9.25. The van der Waals surface area contributed by atoms with E-state index in [1.54, 1.807) is 6.07 Å². The number of nitrogens with zero attached hydrogens (tertiary/aromatic N) is 1. The van der Waals surface area contributed by atoms with Gasteiger partial charge in [-0.1, -0.05) is 60.7 Å². The van der Waals surface area contributed by atoms with Crippen LogP contribution < -0.4 is 5.32 Å². The maximum atomic E-state index is 13.1. The van der Waals surface area contributed by atoms with Gasteiger partial charge in [0, 0.05) is 11.1 Å². The number of amides is 1. The third kappa shape index (κ3) is 3.35. The summed E-state index contributed by atoms with van der Waals surface area (Å²) in [6.07, 6.45) is 3.08. The molecule has 3 nitrogen and oxygen atoms in total. The summed E-state index contributed by atoms with van der Waals surface area (Å²) in [6, 6.07) is 25.5. The summed E-state index contributed by atoms with van der Waals surface area (Å²) in [6.45, 7) is 0. The number of carbonyl (C=O) groups is 1.